The summed E-state index contributed by atoms with van der Waals surface area (Å²) in [6, 6.07) is 6.46. The van der Waals surface area contributed by atoms with Crippen LogP contribution in [0.15, 0.2) is 18.2 Å². The second-order valence-corrected chi connectivity index (χ2v) is 4.70. The molecule has 0 saturated carbocycles. The van der Waals surface area contributed by atoms with Crippen LogP contribution in [0.4, 0.5) is 11.4 Å². The highest BCUT2D eigenvalue weighted by Gasteiger charge is 2.21. The van der Waals surface area contributed by atoms with Crippen LogP contribution in [0.5, 0.6) is 5.75 Å². The number of nitrogens with zero attached hydrogens (tertiary/aromatic N) is 2. The van der Waals surface area contributed by atoms with Gasteiger partial charge in [0, 0.05) is 31.7 Å². The first-order valence-electron chi connectivity index (χ1n) is 6.00. The van der Waals surface area contributed by atoms with E-state index in [9.17, 15) is 0 Å². The highest BCUT2D eigenvalue weighted by Crippen LogP contribution is 2.28. The molecule has 1 saturated heterocycles. The lowest BCUT2D eigenvalue weighted by Crippen LogP contribution is -2.50. The number of anilines is 2. The zero-order chi connectivity index (χ0) is 12.4. The summed E-state index contributed by atoms with van der Waals surface area (Å²) in [5, 5.41) is 0. The van der Waals surface area contributed by atoms with E-state index in [0.29, 0.717) is 6.04 Å². The van der Waals surface area contributed by atoms with E-state index in [1.807, 2.05) is 18.2 Å². The molecule has 17 heavy (non-hydrogen) atoms. The molecule has 0 amide bonds. The number of likely N-dealkylation sites (N-methyl/N-ethyl adjacent to an activating group) is 1. The van der Waals surface area contributed by atoms with Crippen LogP contribution in [0.2, 0.25) is 0 Å². The first kappa shape index (κ1) is 12.0. The Balaban J connectivity index is 2.17. The average molecular weight is 235 g/mol. The first-order valence-corrected chi connectivity index (χ1v) is 6.00. The number of methoxy groups -OCH3 is 1. The van der Waals surface area contributed by atoms with E-state index in [-0.39, 0.29) is 0 Å². The van der Waals surface area contributed by atoms with E-state index in [0.717, 1.165) is 36.8 Å². The van der Waals surface area contributed by atoms with E-state index in [1.165, 1.54) is 0 Å². The lowest BCUT2D eigenvalue weighted by atomic mass is 10.1. The summed E-state index contributed by atoms with van der Waals surface area (Å²) in [6.07, 6.45) is 0. The van der Waals surface area contributed by atoms with Gasteiger partial charge in [0.25, 0.3) is 0 Å². The van der Waals surface area contributed by atoms with Crippen molar-refractivity contribution in [3.63, 3.8) is 0 Å². The maximum atomic E-state index is 6.07. The van der Waals surface area contributed by atoms with Gasteiger partial charge in [-0.2, -0.15) is 0 Å². The molecule has 1 heterocycles. The molecule has 2 N–H and O–H groups in total. The standard InChI is InChI=1S/C13H21N3O/c1-10-9-16(7-6-15(10)2)13-5-4-11(17-3)8-12(13)14/h4-5,8,10H,6-7,9,14H2,1-3H3. The Morgan fingerprint density at radius 3 is 2.71 bits per heavy atom. The van der Waals surface area contributed by atoms with Gasteiger partial charge in [-0.3, -0.25) is 0 Å². The van der Waals surface area contributed by atoms with Gasteiger partial charge in [0.15, 0.2) is 0 Å². The quantitative estimate of drug-likeness (QED) is 0.787. The van der Waals surface area contributed by atoms with Gasteiger partial charge in [0.05, 0.1) is 18.5 Å². The van der Waals surface area contributed by atoms with Crippen LogP contribution >= 0.6 is 0 Å². The molecule has 4 heteroatoms. The zero-order valence-electron chi connectivity index (χ0n) is 10.8. The number of benzene rings is 1. The largest absolute Gasteiger partial charge is 0.497 e. The van der Waals surface area contributed by atoms with Crippen molar-refractivity contribution in [2.24, 2.45) is 0 Å². The van der Waals surface area contributed by atoms with Crippen LogP contribution in [-0.4, -0.2) is 44.7 Å². The summed E-state index contributed by atoms with van der Waals surface area (Å²) in [7, 11) is 3.83. The fraction of sp³-hybridized carbons (Fsp3) is 0.538. The summed E-state index contributed by atoms with van der Waals surface area (Å²) in [5.74, 6) is 0.813. The summed E-state index contributed by atoms with van der Waals surface area (Å²) in [4.78, 5) is 4.72. The van der Waals surface area contributed by atoms with Crippen LogP contribution in [0, 0.1) is 0 Å². The molecule has 2 rings (SSSR count). The molecule has 1 unspecified atom stereocenters. The maximum absolute atomic E-state index is 6.07. The highest BCUT2D eigenvalue weighted by molar-refractivity contribution is 5.69. The van der Waals surface area contributed by atoms with E-state index >= 15 is 0 Å². The van der Waals surface area contributed by atoms with E-state index in [2.05, 4.69) is 23.8 Å². The second kappa shape index (κ2) is 4.84. The molecule has 4 nitrogen and oxygen atoms in total. The molecule has 0 bridgehead atoms. The fourth-order valence-corrected chi connectivity index (χ4v) is 2.21. The summed E-state index contributed by atoms with van der Waals surface area (Å²) >= 11 is 0. The predicted molar refractivity (Wildman–Crippen MR) is 71.7 cm³/mol. The van der Waals surface area contributed by atoms with E-state index < -0.39 is 0 Å². The fourth-order valence-electron chi connectivity index (χ4n) is 2.21. The predicted octanol–water partition coefficient (Wildman–Crippen LogP) is 1.42. The lowest BCUT2D eigenvalue weighted by Gasteiger charge is -2.39. The molecule has 1 fully saturated rings. The second-order valence-electron chi connectivity index (χ2n) is 4.70. The van der Waals surface area contributed by atoms with Gasteiger partial charge in [-0.25, -0.2) is 0 Å². The Kier molecular flexibility index (Phi) is 3.43. The molecule has 94 valence electrons. The monoisotopic (exact) mass is 235 g/mol. The van der Waals surface area contributed by atoms with Crippen molar-refractivity contribution < 1.29 is 4.74 Å². The Labute approximate surface area is 103 Å². The normalized spacial score (nSPS) is 21.6. The first-order chi connectivity index (χ1) is 8.11. The molecule has 0 radical (unpaired) electrons. The minimum absolute atomic E-state index is 0.560. The van der Waals surface area contributed by atoms with Crippen LogP contribution in [0.25, 0.3) is 0 Å². The van der Waals surface area contributed by atoms with E-state index in [4.69, 9.17) is 10.5 Å². The number of rotatable bonds is 2. The minimum atomic E-state index is 0.560. The molecule has 0 aliphatic carbocycles. The van der Waals surface area contributed by atoms with Crippen molar-refractivity contribution in [1.29, 1.82) is 0 Å². The van der Waals surface area contributed by atoms with E-state index in [1.54, 1.807) is 7.11 Å². The third kappa shape index (κ3) is 2.47. The van der Waals surface area contributed by atoms with Gasteiger partial charge in [0.2, 0.25) is 0 Å². The van der Waals surface area contributed by atoms with Crippen molar-refractivity contribution in [2.75, 3.05) is 44.4 Å². The van der Waals surface area contributed by atoms with Crippen LogP contribution < -0.4 is 15.4 Å². The Morgan fingerprint density at radius 1 is 1.35 bits per heavy atom. The molecule has 1 aromatic rings. The summed E-state index contributed by atoms with van der Waals surface area (Å²) < 4.78 is 5.17. The number of nitrogens with two attached hydrogens (primary N) is 1. The number of hydrogen-bond donors (Lipinski definition) is 1. The van der Waals surface area contributed by atoms with Crippen molar-refractivity contribution in [3.8, 4) is 5.75 Å². The van der Waals surface area contributed by atoms with Gasteiger partial charge in [-0.05, 0) is 26.1 Å². The van der Waals surface area contributed by atoms with Crippen molar-refractivity contribution >= 4 is 11.4 Å². The van der Waals surface area contributed by atoms with Crippen LogP contribution in [0.3, 0.4) is 0 Å². The minimum Gasteiger partial charge on any atom is -0.497 e. The Morgan fingerprint density at radius 2 is 2.12 bits per heavy atom. The molecular formula is C13H21N3O. The molecular weight excluding hydrogens is 214 g/mol. The third-order valence-corrected chi connectivity index (χ3v) is 3.54. The van der Waals surface area contributed by atoms with Gasteiger partial charge >= 0.3 is 0 Å². The number of piperazine rings is 1. The molecule has 1 aromatic carbocycles. The van der Waals surface area contributed by atoms with Crippen LogP contribution in [0.1, 0.15) is 6.92 Å². The van der Waals surface area contributed by atoms with Gasteiger partial charge in [-0.1, -0.05) is 0 Å². The SMILES string of the molecule is COc1ccc(N2CCN(C)C(C)C2)c(N)c1. The molecule has 0 spiro atoms. The molecule has 1 aliphatic heterocycles. The Hall–Kier alpha value is -1.42. The molecule has 1 atom stereocenters. The highest BCUT2D eigenvalue weighted by atomic mass is 16.5. The summed E-state index contributed by atoms with van der Waals surface area (Å²) in [6.45, 7) is 5.36. The van der Waals surface area contributed by atoms with Crippen LogP contribution in [-0.2, 0) is 0 Å². The van der Waals surface area contributed by atoms with Crippen molar-refractivity contribution in [3.05, 3.63) is 18.2 Å². The Bertz CT molecular complexity index is 394. The maximum Gasteiger partial charge on any atom is 0.121 e. The number of hydrogen-bond acceptors (Lipinski definition) is 4. The van der Waals surface area contributed by atoms with Gasteiger partial charge < -0.3 is 20.3 Å². The van der Waals surface area contributed by atoms with Crippen molar-refractivity contribution in [1.82, 2.24) is 4.90 Å². The van der Waals surface area contributed by atoms with Gasteiger partial charge in [0.1, 0.15) is 5.75 Å². The number of nitrogen functional groups attached to an aromatic ring is 1. The zero-order valence-corrected chi connectivity index (χ0v) is 10.8. The third-order valence-electron chi connectivity index (χ3n) is 3.54. The van der Waals surface area contributed by atoms with Crippen molar-refractivity contribution in [2.45, 2.75) is 13.0 Å². The molecule has 1 aliphatic rings. The topological polar surface area (TPSA) is 41.7 Å². The van der Waals surface area contributed by atoms with Gasteiger partial charge in [-0.15, -0.1) is 0 Å². The summed E-state index contributed by atoms with van der Waals surface area (Å²) in [5.41, 5.74) is 7.98. The smallest absolute Gasteiger partial charge is 0.121 e. The molecule has 0 aromatic heterocycles. The number of ether oxygens (including phenoxy) is 1. The average Bonchev–Trinajstić information content (AvgIpc) is 2.32. The lowest BCUT2D eigenvalue weighted by molar-refractivity contribution is 0.234.